The number of likely N-dealkylation sites (tertiary alicyclic amines) is 1. The summed E-state index contributed by atoms with van der Waals surface area (Å²) in [6, 6.07) is 19.7. The molecule has 0 aliphatic carbocycles. The third-order valence-corrected chi connectivity index (χ3v) is 9.27. The number of aryl methyl sites for hydroxylation is 1. The number of hydrogen-bond acceptors (Lipinski definition) is 8. The third kappa shape index (κ3) is 6.30. The van der Waals surface area contributed by atoms with Crippen LogP contribution in [0.4, 0.5) is 5.82 Å². The zero-order valence-corrected chi connectivity index (χ0v) is 27.5. The van der Waals surface area contributed by atoms with Crippen LogP contribution >= 0.6 is 0 Å². The van der Waals surface area contributed by atoms with Gasteiger partial charge < -0.3 is 9.64 Å². The van der Waals surface area contributed by atoms with E-state index < -0.39 is 0 Å². The van der Waals surface area contributed by atoms with Gasteiger partial charge in [0.1, 0.15) is 29.1 Å². The first kappa shape index (κ1) is 31.3. The minimum Gasteiger partial charge on any atom is -0.497 e. The van der Waals surface area contributed by atoms with Gasteiger partial charge in [-0.3, -0.25) is 29.2 Å². The standard InChI is InChI=1S/C36H39N9O3/c1-4-45(31-14-13-30-34(38-31)33(40-39-30)26-9-11-29(48-3)12-10-26)36(47)28-15-18-43(21-28)22-32(46)44-19-16-25(17-20-44)24-5-7-27(8-6-24)35-37-23-42(2)41-35/h5-14,16,23,28H,4,15,17-22H2,1-3H3,(H,39,40)/t28-/m1/s1. The maximum absolute atomic E-state index is 13.8. The van der Waals surface area contributed by atoms with Crippen LogP contribution in [0.1, 0.15) is 25.3 Å². The van der Waals surface area contributed by atoms with Gasteiger partial charge >= 0.3 is 0 Å². The molecule has 12 nitrogen and oxygen atoms in total. The fourth-order valence-electron chi connectivity index (χ4n) is 6.57. The number of methoxy groups -OCH3 is 1. The highest BCUT2D eigenvalue weighted by Gasteiger charge is 2.34. The third-order valence-electron chi connectivity index (χ3n) is 9.27. The van der Waals surface area contributed by atoms with E-state index in [2.05, 4.69) is 43.4 Å². The van der Waals surface area contributed by atoms with Crippen LogP contribution in [0, 0.1) is 5.92 Å². The summed E-state index contributed by atoms with van der Waals surface area (Å²) in [5.41, 5.74) is 6.51. The summed E-state index contributed by atoms with van der Waals surface area (Å²) < 4.78 is 6.98. The highest BCUT2D eigenvalue weighted by Crippen LogP contribution is 2.30. The fraction of sp³-hybridized carbons (Fsp3) is 0.333. The monoisotopic (exact) mass is 645 g/mol. The molecule has 5 aromatic rings. The van der Waals surface area contributed by atoms with Crippen LogP contribution in [-0.2, 0) is 16.6 Å². The topological polar surface area (TPSA) is 125 Å². The number of aromatic nitrogens is 6. The summed E-state index contributed by atoms with van der Waals surface area (Å²) in [6.07, 6.45) is 5.35. The van der Waals surface area contributed by atoms with E-state index in [1.807, 2.05) is 67.4 Å². The Hall–Kier alpha value is -5.36. The van der Waals surface area contributed by atoms with E-state index in [-0.39, 0.29) is 17.7 Å². The van der Waals surface area contributed by atoms with Crippen molar-refractivity contribution in [3.8, 4) is 28.4 Å². The van der Waals surface area contributed by atoms with Crippen molar-refractivity contribution in [3.05, 3.63) is 78.6 Å². The maximum Gasteiger partial charge on any atom is 0.237 e. The van der Waals surface area contributed by atoms with Crippen LogP contribution in [0.2, 0.25) is 0 Å². The Labute approximate surface area is 279 Å². The molecule has 12 heteroatoms. The Morgan fingerprint density at radius 2 is 1.77 bits per heavy atom. The molecule has 3 aromatic heterocycles. The number of aromatic amines is 1. The molecule has 1 N–H and O–H groups in total. The summed E-state index contributed by atoms with van der Waals surface area (Å²) in [5, 5.41) is 11.9. The molecule has 48 heavy (non-hydrogen) atoms. The summed E-state index contributed by atoms with van der Waals surface area (Å²) in [5.74, 6) is 2.00. The van der Waals surface area contributed by atoms with Gasteiger partial charge in [-0.05, 0) is 73.8 Å². The molecule has 2 aromatic carbocycles. The quantitative estimate of drug-likeness (QED) is 0.250. The number of nitrogens with zero attached hydrogens (tertiary/aromatic N) is 8. The predicted octanol–water partition coefficient (Wildman–Crippen LogP) is 4.42. The summed E-state index contributed by atoms with van der Waals surface area (Å²) in [7, 11) is 3.49. The molecule has 1 fully saturated rings. The van der Waals surface area contributed by atoms with E-state index >= 15 is 0 Å². The molecule has 2 aliphatic heterocycles. The minimum absolute atomic E-state index is 0.0317. The van der Waals surface area contributed by atoms with Gasteiger partial charge in [0.05, 0.1) is 25.1 Å². The molecule has 0 spiro atoms. The number of nitrogens with one attached hydrogen (secondary N) is 1. The molecular formula is C36H39N9O3. The summed E-state index contributed by atoms with van der Waals surface area (Å²) >= 11 is 0. The van der Waals surface area contributed by atoms with Gasteiger partial charge in [0.15, 0.2) is 5.82 Å². The van der Waals surface area contributed by atoms with Crippen molar-refractivity contribution in [3.63, 3.8) is 0 Å². The largest absolute Gasteiger partial charge is 0.497 e. The predicted molar refractivity (Wildman–Crippen MR) is 184 cm³/mol. The molecule has 0 bridgehead atoms. The van der Waals surface area contributed by atoms with Crippen LogP contribution < -0.4 is 9.64 Å². The van der Waals surface area contributed by atoms with Gasteiger partial charge in [0.25, 0.3) is 0 Å². The van der Waals surface area contributed by atoms with Gasteiger partial charge in [-0.25, -0.2) is 9.97 Å². The number of anilines is 1. The Morgan fingerprint density at radius 1 is 1.00 bits per heavy atom. The number of carbonyl (C=O) groups is 2. The molecule has 0 saturated carbocycles. The zero-order chi connectivity index (χ0) is 33.2. The number of carbonyl (C=O) groups excluding carboxylic acids is 2. The molecule has 7 rings (SSSR count). The van der Waals surface area contributed by atoms with Crippen molar-refractivity contribution in [2.24, 2.45) is 13.0 Å². The average molecular weight is 646 g/mol. The second-order valence-electron chi connectivity index (χ2n) is 12.3. The van der Waals surface area contributed by atoms with Crippen LogP contribution in [-0.4, -0.2) is 97.9 Å². The first-order chi connectivity index (χ1) is 23.4. The van der Waals surface area contributed by atoms with Gasteiger partial charge in [-0.2, -0.15) is 10.2 Å². The Bertz CT molecular complexity index is 1960. The van der Waals surface area contributed by atoms with Crippen LogP contribution in [0.5, 0.6) is 5.75 Å². The molecule has 5 heterocycles. The summed E-state index contributed by atoms with van der Waals surface area (Å²) in [6.45, 7) is 5.29. The second kappa shape index (κ2) is 13.4. The molecule has 1 atom stereocenters. The lowest BCUT2D eigenvalue weighted by atomic mass is 9.98. The maximum atomic E-state index is 13.8. The highest BCUT2D eigenvalue weighted by molar-refractivity contribution is 5.97. The lowest BCUT2D eigenvalue weighted by molar-refractivity contribution is -0.132. The van der Waals surface area contributed by atoms with Crippen molar-refractivity contribution < 1.29 is 14.3 Å². The number of amides is 2. The molecular weight excluding hydrogens is 606 g/mol. The smallest absolute Gasteiger partial charge is 0.237 e. The van der Waals surface area contributed by atoms with Gasteiger partial charge in [0.2, 0.25) is 11.8 Å². The van der Waals surface area contributed by atoms with E-state index in [0.29, 0.717) is 62.8 Å². The van der Waals surface area contributed by atoms with E-state index in [1.165, 1.54) is 5.57 Å². The van der Waals surface area contributed by atoms with Gasteiger partial charge in [0, 0.05) is 44.4 Å². The molecule has 2 amide bonds. The summed E-state index contributed by atoms with van der Waals surface area (Å²) in [4.78, 5) is 42.1. The van der Waals surface area contributed by atoms with Crippen molar-refractivity contribution in [1.82, 2.24) is 39.7 Å². The van der Waals surface area contributed by atoms with E-state index in [1.54, 1.807) is 23.0 Å². The number of rotatable bonds is 9. The van der Waals surface area contributed by atoms with Crippen LogP contribution in [0.15, 0.2) is 73.1 Å². The number of fused-ring (bicyclic) bond motifs is 1. The normalized spacial score (nSPS) is 16.7. The zero-order valence-electron chi connectivity index (χ0n) is 27.5. The second-order valence-corrected chi connectivity index (χ2v) is 12.3. The number of H-pyrrole nitrogens is 1. The number of hydrogen-bond donors (Lipinski definition) is 1. The van der Waals surface area contributed by atoms with E-state index in [0.717, 1.165) is 40.1 Å². The fourth-order valence-corrected chi connectivity index (χ4v) is 6.57. The van der Waals surface area contributed by atoms with Gasteiger partial charge in [-0.15, -0.1) is 0 Å². The SMILES string of the molecule is CCN(C(=O)[C@@H]1CCN(CC(=O)N2CC=C(c3ccc(-c4ncn(C)n4)cc3)CC2)C1)c1ccc2[nH]nc(-c3ccc(OC)cc3)c2n1. The first-order valence-corrected chi connectivity index (χ1v) is 16.4. The molecule has 2 aliphatic rings. The highest BCUT2D eigenvalue weighted by atomic mass is 16.5. The molecule has 0 unspecified atom stereocenters. The molecule has 0 radical (unpaired) electrons. The van der Waals surface area contributed by atoms with E-state index in [4.69, 9.17) is 9.72 Å². The van der Waals surface area contributed by atoms with Crippen molar-refractivity contribution in [2.45, 2.75) is 19.8 Å². The average Bonchev–Trinajstić information content (AvgIpc) is 3.89. The van der Waals surface area contributed by atoms with Crippen molar-refractivity contribution in [2.75, 3.05) is 51.3 Å². The first-order valence-electron chi connectivity index (χ1n) is 16.4. The Kier molecular flexibility index (Phi) is 8.72. The van der Waals surface area contributed by atoms with Crippen molar-refractivity contribution >= 4 is 34.2 Å². The van der Waals surface area contributed by atoms with Crippen LogP contribution in [0.3, 0.4) is 0 Å². The lowest BCUT2D eigenvalue weighted by Gasteiger charge is -2.29. The number of benzene rings is 2. The minimum atomic E-state index is -0.197. The van der Waals surface area contributed by atoms with Crippen LogP contribution in [0.25, 0.3) is 39.3 Å². The van der Waals surface area contributed by atoms with Gasteiger partial charge in [-0.1, -0.05) is 30.3 Å². The molecule has 246 valence electrons. The Balaban J connectivity index is 0.955. The number of ether oxygens (including phenoxy) is 1. The lowest BCUT2D eigenvalue weighted by Crippen LogP contribution is -2.42. The number of pyridine rings is 1. The molecule has 1 saturated heterocycles. The van der Waals surface area contributed by atoms with Crippen molar-refractivity contribution in [1.29, 1.82) is 0 Å². The Morgan fingerprint density at radius 3 is 2.46 bits per heavy atom. The van der Waals surface area contributed by atoms with E-state index in [9.17, 15) is 9.59 Å².